The van der Waals surface area contributed by atoms with Crippen LogP contribution in [0.2, 0.25) is 0 Å². The zero-order chi connectivity index (χ0) is 14.3. The van der Waals surface area contributed by atoms with Crippen LogP contribution in [0.4, 0.5) is 4.39 Å². The van der Waals surface area contributed by atoms with Crippen LogP contribution in [0.5, 0.6) is 0 Å². The monoisotopic (exact) mass is 284 g/mol. The number of carbonyl (C=O) groups excluding carboxylic acids is 1. The molecule has 7 heteroatoms. The zero-order valence-electron chi connectivity index (χ0n) is 10.0. The van der Waals surface area contributed by atoms with Crippen LogP contribution in [0, 0.1) is 18.2 Å². The summed E-state index contributed by atoms with van der Waals surface area (Å²) in [6.07, 6.45) is 4.93. The van der Waals surface area contributed by atoms with E-state index in [9.17, 15) is 17.6 Å². The molecule has 0 aliphatic heterocycles. The largest absolute Gasteiger partial charge is 0.345 e. The van der Waals surface area contributed by atoms with Gasteiger partial charge in [-0.1, -0.05) is 5.92 Å². The summed E-state index contributed by atoms with van der Waals surface area (Å²) in [5.41, 5.74) is 0. The molecule has 0 saturated heterocycles. The number of halogens is 1. The minimum absolute atomic E-state index is 0.0257. The lowest BCUT2D eigenvalue weighted by Crippen LogP contribution is -2.30. The van der Waals surface area contributed by atoms with Crippen molar-refractivity contribution < 1.29 is 17.6 Å². The number of nitrogens with one attached hydrogen (secondary N) is 2. The number of terminal acetylenes is 1. The van der Waals surface area contributed by atoms with E-state index in [1.165, 1.54) is 0 Å². The molecule has 1 rings (SSSR count). The maximum Gasteiger partial charge on any atom is 0.240 e. The molecule has 0 aromatic heterocycles. The summed E-state index contributed by atoms with van der Waals surface area (Å²) in [6.45, 7) is 0.0413. The van der Waals surface area contributed by atoms with E-state index in [1.54, 1.807) is 0 Å². The van der Waals surface area contributed by atoms with E-state index in [-0.39, 0.29) is 30.3 Å². The standard InChI is InChI=1S/C12H13FN2O3S/c1-2-8-14-12(16)7-9-15-19(17,18)11-5-3-10(13)4-6-11/h1,3-6,15H,7-9H2,(H,14,16). The third-order valence-electron chi connectivity index (χ3n) is 2.16. The van der Waals surface area contributed by atoms with Crippen molar-refractivity contribution in [2.24, 2.45) is 0 Å². The van der Waals surface area contributed by atoms with Crippen LogP contribution in [0.1, 0.15) is 6.42 Å². The Morgan fingerprint density at radius 3 is 2.53 bits per heavy atom. The number of carbonyl (C=O) groups is 1. The quantitative estimate of drug-likeness (QED) is 0.735. The van der Waals surface area contributed by atoms with E-state index in [2.05, 4.69) is 16.0 Å². The molecule has 0 unspecified atom stereocenters. The predicted molar refractivity (Wildman–Crippen MR) is 68.0 cm³/mol. The summed E-state index contributed by atoms with van der Waals surface area (Å²) in [4.78, 5) is 11.1. The van der Waals surface area contributed by atoms with Gasteiger partial charge in [-0.25, -0.2) is 17.5 Å². The molecule has 0 atom stereocenters. The Bertz CT molecular complexity index is 576. The second-order valence-corrected chi connectivity index (χ2v) is 5.35. The van der Waals surface area contributed by atoms with Crippen molar-refractivity contribution in [3.8, 4) is 12.3 Å². The first-order valence-corrected chi connectivity index (χ1v) is 6.89. The molecule has 0 aliphatic carbocycles. The minimum Gasteiger partial charge on any atom is -0.345 e. The summed E-state index contributed by atoms with van der Waals surface area (Å²) in [5, 5.41) is 2.41. The van der Waals surface area contributed by atoms with Gasteiger partial charge in [0, 0.05) is 13.0 Å². The van der Waals surface area contributed by atoms with Crippen LogP contribution >= 0.6 is 0 Å². The van der Waals surface area contributed by atoms with Crippen molar-refractivity contribution >= 4 is 15.9 Å². The highest BCUT2D eigenvalue weighted by atomic mass is 32.2. The second-order valence-electron chi connectivity index (χ2n) is 3.58. The Morgan fingerprint density at radius 2 is 1.95 bits per heavy atom. The first-order valence-electron chi connectivity index (χ1n) is 5.41. The van der Waals surface area contributed by atoms with Gasteiger partial charge in [0.25, 0.3) is 0 Å². The molecule has 1 aromatic rings. The third kappa shape index (κ3) is 5.07. The van der Waals surface area contributed by atoms with Gasteiger partial charge < -0.3 is 5.32 Å². The maximum absolute atomic E-state index is 12.7. The SMILES string of the molecule is C#CCNC(=O)CCNS(=O)(=O)c1ccc(F)cc1. The second kappa shape index (κ2) is 6.87. The molecule has 1 aromatic carbocycles. The van der Waals surface area contributed by atoms with E-state index in [0.717, 1.165) is 24.3 Å². The molecule has 0 heterocycles. The van der Waals surface area contributed by atoms with Crippen LogP contribution in [-0.4, -0.2) is 27.4 Å². The average Bonchev–Trinajstić information content (AvgIpc) is 2.36. The van der Waals surface area contributed by atoms with E-state index >= 15 is 0 Å². The van der Waals surface area contributed by atoms with Gasteiger partial charge in [0.1, 0.15) is 5.82 Å². The number of rotatable bonds is 6. The van der Waals surface area contributed by atoms with Crippen molar-refractivity contribution in [2.45, 2.75) is 11.3 Å². The lowest BCUT2D eigenvalue weighted by molar-refractivity contribution is -0.120. The highest BCUT2D eigenvalue weighted by Gasteiger charge is 2.13. The summed E-state index contributed by atoms with van der Waals surface area (Å²) in [5.74, 6) is 1.36. The lowest BCUT2D eigenvalue weighted by Gasteiger charge is -2.06. The van der Waals surface area contributed by atoms with Crippen molar-refractivity contribution in [3.05, 3.63) is 30.1 Å². The first-order chi connectivity index (χ1) is 8.95. The Balaban J connectivity index is 2.50. The summed E-state index contributed by atoms with van der Waals surface area (Å²) in [7, 11) is -3.73. The molecule has 0 radical (unpaired) electrons. The fourth-order valence-corrected chi connectivity index (χ4v) is 2.27. The lowest BCUT2D eigenvalue weighted by atomic mass is 10.4. The molecule has 0 bridgehead atoms. The smallest absolute Gasteiger partial charge is 0.240 e. The fraction of sp³-hybridized carbons (Fsp3) is 0.250. The van der Waals surface area contributed by atoms with Crippen LogP contribution in [0.3, 0.4) is 0 Å². The van der Waals surface area contributed by atoms with E-state index < -0.39 is 15.8 Å². The van der Waals surface area contributed by atoms with Crippen LogP contribution < -0.4 is 10.0 Å². The third-order valence-corrected chi connectivity index (χ3v) is 3.63. The number of hydrogen-bond donors (Lipinski definition) is 2. The van der Waals surface area contributed by atoms with Crippen LogP contribution in [0.15, 0.2) is 29.2 Å². The van der Waals surface area contributed by atoms with Crippen molar-refractivity contribution in [2.75, 3.05) is 13.1 Å². The predicted octanol–water partition coefficient (Wildman–Crippen LogP) is 0.243. The van der Waals surface area contributed by atoms with Gasteiger partial charge in [-0.05, 0) is 24.3 Å². The molecular formula is C12H13FN2O3S. The Labute approximate surface area is 111 Å². The van der Waals surface area contributed by atoms with Gasteiger partial charge in [0.15, 0.2) is 0 Å². The van der Waals surface area contributed by atoms with Crippen LogP contribution in [0.25, 0.3) is 0 Å². The summed E-state index contributed by atoms with van der Waals surface area (Å²) in [6, 6.07) is 4.40. The molecule has 19 heavy (non-hydrogen) atoms. The van der Waals surface area contributed by atoms with Gasteiger partial charge in [-0.2, -0.15) is 0 Å². The molecule has 1 amide bonds. The van der Waals surface area contributed by atoms with Gasteiger partial charge in [0.05, 0.1) is 11.4 Å². The summed E-state index contributed by atoms with van der Waals surface area (Å²) < 4.78 is 38.4. The van der Waals surface area contributed by atoms with E-state index in [1.807, 2.05) is 0 Å². The molecule has 0 fully saturated rings. The van der Waals surface area contributed by atoms with Crippen molar-refractivity contribution in [1.29, 1.82) is 0 Å². The van der Waals surface area contributed by atoms with Gasteiger partial charge in [-0.3, -0.25) is 4.79 Å². The number of benzene rings is 1. The Hall–Kier alpha value is -1.91. The Kier molecular flexibility index (Phi) is 5.48. The van der Waals surface area contributed by atoms with Crippen molar-refractivity contribution in [1.82, 2.24) is 10.0 Å². The molecular weight excluding hydrogens is 271 g/mol. The topological polar surface area (TPSA) is 75.3 Å². The first kappa shape index (κ1) is 15.1. The van der Waals surface area contributed by atoms with Crippen molar-refractivity contribution in [3.63, 3.8) is 0 Å². The highest BCUT2D eigenvalue weighted by Crippen LogP contribution is 2.09. The van der Waals surface area contributed by atoms with E-state index in [4.69, 9.17) is 6.42 Å². The van der Waals surface area contributed by atoms with E-state index in [0.29, 0.717) is 0 Å². The molecule has 0 aliphatic rings. The van der Waals surface area contributed by atoms with Gasteiger partial charge in [0.2, 0.25) is 15.9 Å². The average molecular weight is 284 g/mol. The normalized spacial score (nSPS) is 10.7. The molecule has 2 N–H and O–H groups in total. The molecule has 0 saturated carbocycles. The van der Waals surface area contributed by atoms with Gasteiger partial charge in [-0.15, -0.1) is 6.42 Å². The molecule has 102 valence electrons. The van der Waals surface area contributed by atoms with Gasteiger partial charge >= 0.3 is 0 Å². The molecule has 0 spiro atoms. The summed E-state index contributed by atoms with van der Waals surface area (Å²) >= 11 is 0. The number of amides is 1. The molecule has 5 nitrogen and oxygen atoms in total. The zero-order valence-corrected chi connectivity index (χ0v) is 10.8. The Morgan fingerprint density at radius 1 is 1.32 bits per heavy atom. The fourth-order valence-electron chi connectivity index (χ4n) is 1.23. The minimum atomic E-state index is -3.73. The number of hydrogen-bond acceptors (Lipinski definition) is 3. The highest BCUT2D eigenvalue weighted by molar-refractivity contribution is 7.89. The maximum atomic E-state index is 12.7. The number of sulfonamides is 1. The van der Waals surface area contributed by atoms with Crippen LogP contribution in [-0.2, 0) is 14.8 Å².